The highest BCUT2D eigenvalue weighted by Crippen LogP contribution is 2.49. The molecule has 0 aromatic heterocycles. The third kappa shape index (κ3) is 3.02. The Labute approximate surface area is 116 Å². The van der Waals surface area contributed by atoms with Gasteiger partial charge in [-0.15, -0.1) is 0 Å². The lowest BCUT2D eigenvalue weighted by Gasteiger charge is -2.18. The van der Waals surface area contributed by atoms with Crippen molar-refractivity contribution in [3.05, 3.63) is 23.8 Å². The van der Waals surface area contributed by atoms with Crippen molar-refractivity contribution in [3.63, 3.8) is 0 Å². The molecule has 1 aromatic rings. The Balaban J connectivity index is 1.67. The van der Waals surface area contributed by atoms with Crippen molar-refractivity contribution in [3.8, 4) is 0 Å². The van der Waals surface area contributed by atoms with E-state index in [2.05, 4.69) is 5.32 Å². The molecule has 0 unspecified atom stereocenters. The number of benzene rings is 1. The zero-order valence-electron chi connectivity index (χ0n) is 11.2. The van der Waals surface area contributed by atoms with Crippen LogP contribution in [-0.2, 0) is 6.18 Å². The number of hydrogen-bond donors (Lipinski definition) is 2. The van der Waals surface area contributed by atoms with E-state index in [0.717, 1.165) is 24.4 Å². The minimum Gasteiger partial charge on any atom is -0.398 e. The molecular weight excluding hydrogens is 265 g/mol. The van der Waals surface area contributed by atoms with E-state index < -0.39 is 11.7 Å². The van der Waals surface area contributed by atoms with Crippen LogP contribution in [0.25, 0.3) is 0 Å². The molecule has 0 saturated heterocycles. The molecule has 2 aliphatic rings. The summed E-state index contributed by atoms with van der Waals surface area (Å²) in [5.41, 5.74) is 4.94. The van der Waals surface area contributed by atoms with Crippen LogP contribution in [0.5, 0.6) is 0 Å². The maximum Gasteiger partial charge on any atom is 0.418 e. The Hall–Kier alpha value is -1.39. The summed E-state index contributed by atoms with van der Waals surface area (Å²) in [6, 6.07) is 4.07. The van der Waals surface area contributed by atoms with E-state index in [1.165, 1.54) is 31.7 Å². The first-order valence-electron chi connectivity index (χ1n) is 7.16. The smallest absolute Gasteiger partial charge is 0.398 e. The molecular formula is C15H19F3N2. The van der Waals surface area contributed by atoms with Crippen LogP contribution in [-0.4, -0.2) is 6.54 Å². The number of anilines is 2. The van der Waals surface area contributed by atoms with Crippen LogP contribution in [0.2, 0.25) is 0 Å². The highest BCUT2D eigenvalue weighted by Gasteiger charge is 2.41. The van der Waals surface area contributed by atoms with Gasteiger partial charge in [-0.05, 0) is 61.6 Å². The van der Waals surface area contributed by atoms with Crippen molar-refractivity contribution < 1.29 is 13.2 Å². The number of nitrogens with two attached hydrogens (primary N) is 1. The molecule has 2 fully saturated rings. The van der Waals surface area contributed by atoms with Gasteiger partial charge < -0.3 is 11.1 Å². The lowest BCUT2D eigenvalue weighted by Crippen LogP contribution is -2.18. The minimum atomic E-state index is -4.39. The normalized spacial score (nSPS) is 19.4. The van der Waals surface area contributed by atoms with Gasteiger partial charge in [-0.3, -0.25) is 0 Å². The third-order valence-electron chi connectivity index (χ3n) is 4.36. The summed E-state index contributed by atoms with van der Waals surface area (Å²) < 4.78 is 38.4. The molecule has 0 atom stereocenters. The molecule has 3 N–H and O–H groups in total. The van der Waals surface area contributed by atoms with Gasteiger partial charge >= 0.3 is 6.18 Å². The summed E-state index contributed by atoms with van der Waals surface area (Å²) in [5.74, 6) is 2.19. The molecule has 2 aliphatic carbocycles. The molecule has 0 radical (unpaired) electrons. The van der Waals surface area contributed by atoms with Crippen LogP contribution in [0.15, 0.2) is 18.2 Å². The van der Waals surface area contributed by atoms with Crippen LogP contribution in [0, 0.1) is 17.8 Å². The van der Waals surface area contributed by atoms with Crippen molar-refractivity contribution >= 4 is 11.4 Å². The summed E-state index contributed by atoms with van der Waals surface area (Å²) in [7, 11) is 0. The molecule has 0 aliphatic heterocycles. The second-order valence-electron chi connectivity index (χ2n) is 6.02. The van der Waals surface area contributed by atoms with Gasteiger partial charge in [0, 0.05) is 17.9 Å². The minimum absolute atomic E-state index is 0.219. The van der Waals surface area contributed by atoms with Crippen molar-refractivity contribution in [1.29, 1.82) is 0 Å². The van der Waals surface area contributed by atoms with E-state index in [0.29, 0.717) is 11.6 Å². The van der Waals surface area contributed by atoms with Gasteiger partial charge in [-0.2, -0.15) is 13.2 Å². The summed E-state index contributed by atoms with van der Waals surface area (Å²) >= 11 is 0. The summed E-state index contributed by atoms with van der Waals surface area (Å²) in [6.45, 7) is 0.774. The number of nitrogens with one attached hydrogen (secondary N) is 1. The van der Waals surface area contributed by atoms with Gasteiger partial charge in [0.15, 0.2) is 0 Å². The highest BCUT2D eigenvalue weighted by atomic mass is 19.4. The number of nitrogen functional groups attached to an aromatic ring is 1. The van der Waals surface area contributed by atoms with Crippen molar-refractivity contribution in [1.82, 2.24) is 0 Å². The molecule has 5 heteroatoms. The number of halogens is 3. The highest BCUT2D eigenvalue weighted by molar-refractivity contribution is 5.58. The standard InChI is InChI=1S/C15H19F3N2/c16-15(17,18)13-7-11(5-6-14(13)19)20-8-12(9-1-2-9)10-3-4-10/h5-7,9-10,12,20H,1-4,8,19H2. The van der Waals surface area contributed by atoms with Crippen LogP contribution in [0.3, 0.4) is 0 Å². The zero-order chi connectivity index (χ0) is 14.3. The molecule has 1 aromatic carbocycles. The quantitative estimate of drug-likeness (QED) is 0.798. The molecule has 0 bridgehead atoms. The first-order chi connectivity index (χ1) is 9.45. The van der Waals surface area contributed by atoms with E-state index in [1.807, 2.05) is 0 Å². The molecule has 110 valence electrons. The Morgan fingerprint density at radius 2 is 1.75 bits per heavy atom. The molecule has 2 saturated carbocycles. The first kappa shape index (κ1) is 13.6. The van der Waals surface area contributed by atoms with Gasteiger partial charge in [0.05, 0.1) is 5.56 Å². The summed E-state index contributed by atoms with van der Waals surface area (Å²) in [6.07, 6.45) is 0.710. The molecule has 0 amide bonds. The lowest BCUT2D eigenvalue weighted by atomic mass is 9.98. The van der Waals surface area contributed by atoms with Gasteiger partial charge in [0.2, 0.25) is 0 Å². The van der Waals surface area contributed by atoms with E-state index in [-0.39, 0.29) is 5.69 Å². The Morgan fingerprint density at radius 3 is 2.25 bits per heavy atom. The third-order valence-corrected chi connectivity index (χ3v) is 4.36. The van der Waals surface area contributed by atoms with Crippen LogP contribution >= 0.6 is 0 Å². The van der Waals surface area contributed by atoms with Crippen molar-refractivity contribution in [2.24, 2.45) is 17.8 Å². The Kier molecular flexibility index (Phi) is 3.30. The first-order valence-corrected chi connectivity index (χ1v) is 7.16. The molecule has 0 spiro atoms. The van der Waals surface area contributed by atoms with Gasteiger partial charge in [0.1, 0.15) is 0 Å². The fraction of sp³-hybridized carbons (Fsp3) is 0.600. The van der Waals surface area contributed by atoms with Gasteiger partial charge in [-0.25, -0.2) is 0 Å². The predicted molar refractivity (Wildman–Crippen MR) is 73.3 cm³/mol. The topological polar surface area (TPSA) is 38.0 Å². The van der Waals surface area contributed by atoms with E-state index >= 15 is 0 Å². The van der Waals surface area contributed by atoms with Crippen LogP contribution < -0.4 is 11.1 Å². The number of hydrogen-bond acceptors (Lipinski definition) is 2. The maximum atomic E-state index is 12.8. The molecule has 2 nitrogen and oxygen atoms in total. The van der Waals surface area contributed by atoms with Crippen LogP contribution in [0.1, 0.15) is 31.2 Å². The fourth-order valence-corrected chi connectivity index (χ4v) is 2.91. The van der Waals surface area contributed by atoms with Crippen molar-refractivity contribution in [2.45, 2.75) is 31.9 Å². The molecule has 20 heavy (non-hydrogen) atoms. The second kappa shape index (κ2) is 4.86. The molecule has 0 heterocycles. The zero-order valence-corrected chi connectivity index (χ0v) is 11.2. The lowest BCUT2D eigenvalue weighted by molar-refractivity contribution is -0.136. The SMILES string of the molecule is Nc1ccc(NCC(C2CC2)C2CC2)cc1C(F)(F)F. The number of alkyl halides is 3. The van der Waals surface area contributed by atoms with Crippen molar-refractivity contribution in [2.75, 3.05) is 17.6 Å². The molecule has 3 rings (SSSR count). The summed E-state index contributed by atoms with van der Waals surface area (Å²) in [5, 5.41) is 3.17. The largest absolute Gasteiger partial charge is 0.418 e. The van der Waals surface area contributed by atoms with E-state index in [4.69, 9.17) is 5.73 Å². The Bertz CT molecular complexity index is 478. The van der Waals surface area contributed by atoms with Crippen LogP contribution in [0.4, 0.5) is 24.5 Å². The maximum absolute atomic E-state index is 12.8. The van der Waals surface area contributed by atoms with Gasteiger partial charge in [-0.1, -0.05) is 0 Å². The van der Waals surface area contributed by atoms with E-state index in [1.54, 1.807) is 6.07 Å². The Morgan fingerprint density at radius 1 is 1.15 bits per heavy atom. The fourth-order valence-electron chi connectivity index (χ4n) is 2.91. The van der Waals surface area contributed by atoms with E-state index in [9.17, 15) is 13.2 Å². The summed E-state index contributed by atoms with van der Waals surface area (Å²) in [4.78, 5) is 0. The number of rotatable bonds is 5. The monoisotopic (exact) mass is 284 g/mol. The average molecular weight is 284 g/mol. The second-order valence-corrected chi connectivity index (χ2v) is 6.02. The average Bonchev–Trinajstić information content (AvgIpc) is 3.24. The van der Waals surface area contributed by atoms with Gasteiger partial charge in [0.25, 0.3) is 0 Å². The predicted octanol–water partition coefficient (Wildman–Crippen LogP) is 4.14.